The molecule has 1 aliphatic carbocycles. The SMILES string of the molecule is COc1cccc2c1C(=O)C(N=[N+]=[N-])=CC2=O. The monoisotopic (exact) mass is 229 g/mol. The lowest BCUT2D eigenvalue weighted by molar-refractivity contribution is 0.0980. The minimum absolute atomic E-state index is 0.143. The van der Waals surface area contributed by atoms with Crippen molar-refractivity contribution in [1.29, 1.82) is 0 Å². The lowest BCUT2D eigenvalue weighted by Gasteiger charge is -2.14. The van der Waals surface area contributed by atoms with Crippen molar-refractivity contribution in [3.63, 3.8) is 0 Å². The number of hydrogen-bond acceptors (Lipinski definition) is 4. The normalized spacial score (nSPS) is 13.6. The van der Waals surface area contributed by atoms with Gasteiger partial charge in [-0.05, 0) is 17.7 Å². The number of Topliss-reactive ketones (excluding diaryl/α,β-unsaturated/α-hetero) is 1. The predicted molar refractivity (Wildman–Crippen MR) is 58.9 cm³/mol. The zero-order valence-corrected chi connectivity index (χ0v) is 8.88. The molecule has 0 radical (unpaired) electrons. The number of carbonyl (C=O) groups excluding carboxylic acids is 2. The molecule has 0 aliphatic heterocycles. The molecule has 0 heterocycles. The number of hydrogen-bond donors (Lipinski definition) is 0. The average molecular weight is 229 g/mol. The second-order valence-corrected chi connectivity index (χ2v) is 3.30. The summed E-state index contributed by atoms with van der Waals surface area (Å²) in [5.74, 6) is -0.588. The quantitative estimate of drug-likeness (QED) is 0.442. The van der Waals surface area contributed by atoms with Crippen molar-refractivity contribution in [2.45, 2.75) is 0 Å². The van der Waals surface area contributed by atoms with E-state index < -0.39 is 5.78 Å². The Labute approximate surface area is 96.1 Å². The molecule has 0 aromatic heterocycles. The third kappa shape index (κ3) is 1.66. The molecule has 0 spiro atoms. The van der Waals surface area contributed by atoms with Crippen LogP contribution in [0.3, 0.4) is 0 Å². The second kappa shape index (κ2) is 4.11. The number of benzene rings is 1. The number of ether oxygens (including phenoxy) is 1. The van der Waals surface area contributed by atoms with Gasteiger partial charge in [-0.3, -0.25) is 9.59 Å². The van der Waals surface area contributed by atoms with Gasteiger partial charge in [-0.1, -0.05) is 17.2 Å². The van der Waals surface area contributed by atoms with Gasteiger partial charge in [0.15, 0.2) is 11.6 Å². The predicted octanol–water partition coefficient (Wildman–Crippen LogP) is 2.27. The lowest BCUT2D eigenvalue weighted by Crippen LogP contribution is -2.16. The zero-order valence-electron chi connectivity index (χ0n) is 8.88. The van der Waals surface area contributed by atoms with Gasteiger partial charge in [0.25, 0.3) is 0 Å². The maximum Gasteiger partial charge on any atom is 0.200 e. The minimum Gasteiger partial charge on any atom is -0.496 e. The maximum absolute atomic E-state index is 12.0. The van der Waals surface area contributed by atoms with E-state index in [9.17, 15) is 9.59 Å². The van der Waals surface area contributed by atoms with Gasteiger partial charge in [0.1, 0.15) is 5.75 Å². The van der Waals surface area contributed by atoms with Crippen LogP contribution >= 0.6 is 0 Å². The smallest absolute Gasteiger partial charge is 0.200 e. The summed E-state index contributed by atoms with van der Waals surface area (Å²) in [6.45, 7) is 0. The van der Waals surface area contributed by atoms with Gasteiger partial charge in [0.05, 0.1) is 18.4 Å². The number of allylic oxidation sites excluding steroid dienone is 2. The topological polar surface area (TPSA) is 92.1 Å². The summed E-state index contributed by atoms with van der Waals surface area (Å²) in [6, 6.07) is 4.72. The Balaban J connectivity index is 2.69. The molecule has 0 saturated heterocycles. The van der Waals surface area contributed by atoms with Gasteiger partial charge in [0, 0.05) is 10.5 Å². The van der Waals surface area contributed by atoms with E-state index in [1.807, 2.05) is 0 Å². The van der Waals surface area contributed by atoms with Crippen LogP contribution in [0.15, 0.2) is 35.1 Å². The Morgan fingerprint density at radius 2 is 2.12 bits per heavy atom. The summed E-state index contributed by atoms with van der Waals surface area (Å²) in [7, 11) is 1.40. The van der Waals surface area contributed by atoms with Crippen LogP contribution in [0.1, 0.15) is 20.7 Å². The zero-order chi connectivity index (χ0) is 12.4. The van der Waals surface area contributed by atoms with Crippen LogP contribution in [0.5, 0.6) is 5.75 Å². The molecule has 17 heavy (non-hydrogen) atoms. The van der Waals surface area contributed by atoms with Gasteiger partial charge in [-0.2, -0.15) is 0 Å². The van der Waals surface area contributed by atoms with E-state index in [0.29, 0.717) is 5.75 Å². The van der Waals surface area contributed by atoms with Crippen LogP contribution in [-0.2, 0) is 0 Å². The van der Waals surface area contributed by atoms with Crippen molar-refractivity contribution in [3.05, 3.63) is 51.5 Å². The summed E-state index contributed by atoms with van der Waals surface area (Å²) < 4.78 is 5.02. The van der Waals surface area contributed by atoms with Gasteiger partial charge in [-0.25, -0.2) is 0 Å². The van der Waals surface area contributed by atoms with Crippen molar-refractivity contribution in [1.82, 2.24) is 0 Å². The van der Waals surface area contributed by atoms with E-state index in [0.717, 1.165) is 6.08 Å². The summed E-state index contributed by atoms with van der Waals surface area (Å²) in [4.78, 5) is 26.2. The van der Waals surface area contributed by atoms with Gasteiger partial charge in [-0.15, -0.1) is 0 Å². The first-order chi connectivity index (χ1) is 8.19. The molecule has 0 saturated carbocycles. The van der Waals surface area contributed by atoms with Crippen molar-refractivity contribution < 1.29 is 14.3 Å². The Morgan fingerprint density at radius 1 is 1.35 bits per heavy atom. The molecule has 0 bridgehead atoms. The van der Waals surface area contributed by atoms with E-state index in [-0.39, 0.29) is 22.6 Å². The molecule has 0 unspecified atom stereocenters. The number of azide groups is 1. The molecule has 0 amide bonds. The fraction of sp³-hybridized carbons (Fsp3) is 0.0909. The third-order valence-electron chi connectivity index (χ3n) is 2.39. The summed E-state index contributed by atoms with van der Waals surface area (Å²) >= 11 is 0. The summed E-state index contributed by atoms with van der Waals surface area (Å²) in [5.41, 5.74) is 8.51. The molecule has 1 aromatic rings. The molecule has 0 fully saturated rings. The summed E-state index contributed by atoms with van der Waals surface area (Å²) in [6.07, 6.45) is 1.03. The highest BCUT2D eigenvalue weighted by molar-refractivity contribution is 6.25. The van der Waals surface area contributed by atoms with Crippen LogP contribution < -0.4 is 4.74 Å². The Kier molecular flexibility index (Phi) is 2.64. The van der Waals surface area contributed by atoms with Crippen LogP contribution in [0, 0.1) is 0 Å². The maximum atomic E-state index is 12.0. The van der Waals surface area contributed by atoms with Crippen molar-refractivity contribution >= 4 is 11.6 Å². The second-order valence-electron chi connectivity index (χ2n) is 3.30. The van der Waals surface area contributed by atoms with Crippen molar-refractivity contribution in [2.24, 2.45) is 5.11 Å². The molecule has 0 N–H and O–H groups in total. The average Bonchev–Trinajstić information content (AvgIpc) is 2.35. The molecule has 0 atom stereocenters. The first kappa shape index (κ1) is 10.9. The van der Waals surface area contributed by atoms with E-state index >= 15 is 0 Å². The Hall–Kier alpha value is -2.59. The molecule has 2 rings (SSSR count). The number of methoxy groups -OCH3 is 1. The van der Waals surface area contributed by atoms with Crippen LogP contribution in [0.25, 0.3) is 10.4 Å². The molecule has 6 nitrogen and oxygen atoms in total. The summed E-state index contributed by atoms with van der Waals surface area (Å²) in [5, 5.41) is 3.21. The van der Waals surface area contributed by atoms with Gasteiger partial charge in [0.2, 0.25) is 0 Å². The highest BCUT2D eigenvalue weighted by Gasteiger charge is 2.27. The Morgan fingerprint density at radius 3 is 2.76 bits per heavy atom. The number of carbonyl (C=O) groups is 2. The molecular formula is C11H7N3O3. The number of ketones is 2. The molecule has 1 aliphatic rings. The Bertz CT molecular complexity index is 598. The molecular weight excluding hydrogens is 222 g/mol. The van der Waals surface area contributed by atoms with Crippen LogP contribution in [0.2, 0.25) is 0 Å². The number of nitrogens with zero attached hydrogens (tertiary/aromatic N) is 3. The van der Waals surface area contributed by atoms with Gasteiger partial charge >= 0.3 is 0 Å². The van der Waals surface area contributed by atoms with E-state index in [2.05, 4.69) is 10.0 Å². The standard InChI is InChI=1S/C11H7N3O3/c1-17-9-4-2-3-6-8(15)5-7(13-14-12)11(16)10(6)9/h2-5H,1H3. The lowest BCUT2D eigenvalue weighted by atomic mass is 9.92. The van der Waals surface area contributed by atoms with Crippen molar-refractivity contribution in [3.8, 4) is 5.75 Å². The fourth-order valence-electron chi connectivity index (χ4n) is 1.66. The fourth-order valence-corrected chi connectivity index (χ4v) is 1.66. The molecule has 1 aromatic carbocycles. The third-order valence-corrected chi connectivity index (χ3v) is 2.39. The van der Waals surface area contributed by atoms with Crippen molar-refractivity contribution in [2.75, 3.05) is 7.11 Å². The first-order valence-electron chi connectivity index (χ1n) is 4.72. The highest BCUT2D eigenvalue weighted by atomic mass is 16.5. The molecule has 6 heteroatoms. The molecule has 84 valence electrons. The van der Waals surface area contributed by atoms with E-state index in [4.69, 9.17) is 10.3 Å². The minimum atomic E-state index is -0.505. The highest BCUT2D eigenvalue weighted by Crippen LogP contribution is 2.29. The first-order valence-corrected chi connectivity index (χ1v) is 4.72. The largest absolute Gasteiger partial charge is 0.496 e. The van der Waals surface area contributed by atoms with E-state index in [1.165, 1.54) is 13.2 Å². The van der Waals surface area contributed by atoms with E-state index in [1.54, 1.807) is 12.1 Å². The van der Waals surface area contributed by atoms with Crippen LogP contribution in [-0.4, -0.2) is 18.7 Å². The number of fused-ring (bicyclic) bond motifs is 1. The number of rotatable bonds is 2. The van der Waals surface area contributed by atoms with Crippen LogP contribution in [0.4, 0.5) is 0 Å². The van der Waals surface area contributed by atoms with Gasteiger partial charge < -0.3 is 4.74 Å².